The monoisotopic (exact) mass is 489 g/mol. The maximum atomic E-state index is 13.5. The minimum atomic E-state index is -4.15. The van der Waals surface area contributed by atoms with Gasteiger partial charge in [-0.15, -0.1) is 0 Å². The zero-order valence-corrected chi connectivity index (χ0v) is 19.9. The molecule has 2 aliphatic heterocycles. The highest BCUT2D eigenvalue weighted by Crippen LogP contribution is 2.35. The molecule has 2 saturated heterocycles. The number of aryl methyl sites for hydroxylation is 1. The zero-order chi connectivity index (χ0) is 24.1. The van der Waals surface area contributed by atoms with Gasteiger partial charge in [0.2, 0.25) is 5.91 Å². The van der Waals surface area contributed by atoms with Gasteiger partial charge in [-0.25, -0.2) is 8.51 Å². The second kappa shape index (κ2) is 11.3. The largest absolute Gasteiger partial charge is 0.389 e. The maximum Gasteiger partial charge on any atom is 0.389 e. The van der Waals surface area contributed by atoms with Crippen molar-refractivity contribution >= 4 is 16.9 Å². The second-order valence-corrected chi connectivity index (χ2v) is 10.8. The number of likely N-dealkylation sites (tertiary alicyclic amines) is 1. The number of benzene rings is 1. The van der Waals surface area contributed by atoms with Gasteiger partial charge in [-0.05, 0) is 49.1 Å². The highest BCUT2D eigenvalue weighted by atomic mass is 32.2. The highest BCUT2D eigenvalue weighted by molar-refractivity contribution is 7.85. The number of primary amides is 1. The van der Waals surface area contributed by atoms with Gasteiger partial charge in [0.05, 0.1) is 6.61 Å². The zero-order valence-electron chi connectivity index (χ0n) is 19.1. The number of piperidine rings is 2. The number of hydrogen-bond donors (Lipinski definition) is 1. The molecule has 1 amide bonds. The first-order chi connectivity index (χ1) is 15.6. The van der Waals surface area contributed by atoms with Crippen molar-refractivity contribution in [2.75, 3.05) is 46.4 Å². The van der Waals surface area contributed by atoms with Crippen LogP contribution in [0.25, 0.3) is 0 Å². The van der Waals surface area contributed by atoms with Crippen LogP contribution < -0.4 is 5.73 Å². The Labute approximate surface area is 196 Å². The Morgan fingerprint density at radius 2 is 1.76 bits per heavy atom. The number of methoxy groups -OCH3 is 1. The number of ether oxygens (including phenoxy) is 1. The SMILES string of the molecule is COCCN1CCC(C(N)=O)(S(=O)N2CCC(c3ccc(CCC(F)(F)F)cc3)CC2)CC1. The third kappa shape index (κ3) is 6.77. The fourth-order valence-corrected chi connectivity index (χ4v) is 6.45. The summed E-state index contributed by atoms with van der Waals surface area (Å²) in [7, 11) is 0.157. The van der Waals surface area contributed by atoms with E-state index in [1.54, 1.807) is 19.2 Å². The molecular formula is C23H34F3N3O3S. The van der Waals surface area contributed by atoms with Gasteiger partial charge < -0.3 is 15.4 Å². The van der Waals surface area contributed by atoms with Crippen LogP contribution in [0.4, 0.5) is 13.2 Å². The number of nitrogens with zero attached hydrogens (tertiary/aromatic N) is 2. The predicted molar refractivity (Wildman–Crippen MR) is 122 cm³/mol. The molecule has 0 saturated carbocycles. The summed E-state index contributed by atoms with van der Waals surface area (Å²) in [5.41, 5.74) is 7.53. The Kier molecular flexibility index (Phi) is 8.94. The van der Waals surface area contributed by atoms with Crippen molar-refractivity contribution < 1.29 is 26.9 Å². The standard InChI is InChI=1S/C23H34F3N3O3S/c1-32-17-16-28-14-10-22(11-15-28,21(27)30)33(31)29-12-7-20(8-13-29)19-4-2-18(3-5-19)6-9-23(24,25)26/h2-5,20H,6-17H2,1H3,(H2,27,30). The molecule has 3 rings (SSSR count). The second-order valence-electron chi connectivity index (χ2n) is 9.00. The minimum absolute atomic E-state index is 0.0146. The summed E-state index contributed by atoms with van der Waals surface area (Å²) in [6.07, 6.45) is -2.48. The number of halogens is 3. The number of alkyl halides is 3. The topological polar surface area (TPSA) is 75.9 Å². The molecule has 0 aromatic heterocycles. The van der Waals surface area contributed by atoms with E-state index in [-0.39, 0.29) is 12.3 Å². The Hall–Kier alpha value is -1.49. The lowest BCUT2D eigenvalue weighted by Crippen LogP contribution is -2.59. The van der Waals surface area contributed by atoms with E-state index in [0.29, 0.717) is 51.2 Å². The lowest BCUT2D eigenvalue weighted by Gasteiger charge is -2.42. The van der Waals surface area contributed by atoms with Crippen molar-refractivity contribution in [3.05, 3.63) is 35.4 Å². The molecule has 10 heteroatoms. The van der Waals surface area contributed by atoms with Crippen LogP contribution in [-0.4, -0.2) is 76.7 Å². The molecule has 0 radical (unpaired) electrons. The molecule has 1 aromatic carbocycles. The summed E-state index contributed by atoms with van der Waals surface area (Å²) in [5, 5.41) is 0. The Morgan fingerprint density at radius 1 is 1.15 bits per heavy atom. The number of rotatable bonds is 9. The minimum Gasteiger partial charge on any atom is -0.383 e. The fraction of sp³-hybridized carbons (Fsp3) is 0.696. The third-order valence-corrected chi connectivity index (χ3v) is 9.01. The molecule has 6 nitrogen and oxygen atoms in total. The normalized spacial score (nSPS) is 21.7. The molecule has 2 N–H and O–H groups in total. The van der Waals surface area contributed by atoms with Crippen molar-refractivity contribution in [3.63, 3.8) is 0 Å². The Bertz CT molecular complexity index is 803. The van der Waals surface area contributed by atoms with Gasteiger partial charge in [0.1, 0.15) is 15.7 Å². The van der Waals surface area contributed by atoms with E-state index in [4.69, 9.17) is 10.5 Å². The van der Waals surface area contributed by atoms with Crippen molar-refractivity contribution in [1.29, 1.82) is 0 Å². The third-order valence-electron chi connectivity index (χ3n) is 6.90. The van der Waals surface area contributed by atoms with Crippen LogP contribution in [0.5, 0.6) is 0 Å². The maximum absolute atomic E-state index is 13.5. The van der Waals surface area contributed by atoms with Gasteiger partial charge in [0, 0.05) is 46.3 Å². The van der Waals surface area contributed by atoms with Gasteiger partial charge >= 0.3 is 6.18 Å². The number of hydrogen-bond acceptors (Lipinski definition) is 4. The molecule has 1 unspecified atom stereocenters. The van der Waals surface area contributed by atoms with E-state index in [1.165, 1.54) is 0 Å². The predicted octanol–water partition coefficient (Wildman–Crippen LogP) is 2.99. The summed E-state index contributed by atoms with van der Waals surface area (Å²) >= 11 is 0. The molecule has 1 atom stereocenters. The molecule has 33 heavy (non-hydrogen) atoms. The molecule has 0 spiro atoms. The van der Waals surface area contributed by atoms with E-state index < -0.39 is 34.2 Å². The molecule has 1 aromatic rings. The summed E-state index contributed by atoms with van der Waals surface area (Å²) in [6, 6.07) is 7.35. The lowest BCUT2D eigenvalue weighted by atomic mass is 9.89. The van der Waals surface area contributed by atoms with Crippen LogP contribution >= 0.6 is 0 Å². The van der Waals surface area contributed by atoms with E-state index in [9.17, 15) is 22.2 Å². The lowest BCUT2D eigenvalue weighted by molar-refractivity contribution is -0.134. The average Bonchev–Trinajstić information content (AvgIpc) is 2.81. The first-order valence-corrected chi connectivity index (χ1v) is 12.6. The van der Waals surface area contributed by atoms with Crippen molar-refractivity contribution in [1.82, 2.24) is 9.21 Å². The van der Waals surface area contributed by atoms with Crippen LogP contribution in [0, 0.1) is 0 Å². The average molecular weight is 490 g/mol. The van der Waals surface area contributed by atoms with Crippen LogP contribution in [0.1, 0.15) is 49.1 Å². The van der Waals surface area contributed by atoms with Crippen molar-refractivity contribution in [2.24, 2.45) is 5.73 Å². The molecule has 2 heterocycles. The molecule has 0 bridgehead atoms. The summed E-state index contributed by atoms with van der Waals surface area (Å²) in [6.45, 7) is 3.90. The molecule has 2 fully saturated rings. The van der Waals surface area contributed by atoms with Crippen LogP contribution in [0.3, 0.4) is 0 Å². The Balaban J connectivity index is 1.55. The van der Waals surface area contributed by atoms with Crippen LogP contribution in [0.2, 0.25) is 0 Å². The summed E-state index contributed by atoms with van der Waals surface area (Å²) in [5.74, 6) is -0.237. The summed E-state index contributed by atoms with van der Waals surface area (Å²) < 4.78 is 56.7. The van der Waals surface area contributed by atoms with Gasteiger partial charge in [-0.3, -0.25) is 4.79 Å². The highest BCUT2D eigenvalue weighted by Gasteiger charge is 2.48. The first kappa shape index (κ1) is 26.1. The number of amides is 1. The molecular weight excluding hydrogens is 455 g/mol. The van der Waals surface area contributed by atoms with Gasteiger partial charge in [-0.1, -0.05) is 24.3 Å². The van der Waals surface area contributed by atoms with E-state index >= 15 is 0 Å². The molecule has 2 aliphatic rings. The van der Waals surface area contributed by atoms with E-state index in [1.807, 2.05) is 16.4 Å². The first-order valence-electron chi connectivity index (χ1n) is 11.5. The van der Waals surface area contributed by atoms with E-state index in [0.717, 1.165) is 24.9 Å². The van der Waals surface area contributed by atoms with Crippen molar-refractivity contribution in [3.8, 4) is 0 Å². The van der Waals surface area contributed by atoms with Gasteiger partial charge in [-0.2, -0.15) is 13.2 Å². The van der Waals surface area contributed by atoms with Crippen LogP contribution in [0.15, 0.2) is 24.3 Å². The fourth-order valence-electron chi connectivity index (χ4n) is 4.71. The number of nitrogens with two attached hydrogens (primary N) is 1. The Morgan fingerprint density at radius 3 is 2.27 bits per heavy atom. The smallest absolute Gasteiger partial charge is 0.383 e. The van der Waals surface area contributed by atoms with Crippen molar-refractivity contribution in [2.45, 2.75) is 55.4 Å². The molecule has 186 valence electrons. The number of carbonyl (C=O) groups is 1. The number of carbonyl (C=O) groups excluding carboxylic acids is 1. The quantitative estimate of drug-likeness (QED) is 0.579. The van der Waals surface area contributed by atoms with Crippen LogP contribution in [-0.2, 0) is 26.9 Å². The molecule has 0 aliphatic carbocycles. The van der Waals surface area contributed by atoms with Gasteiger partial charge in [0.15, 0.2) is 0 Å². The van der Waals surface area contributed by atoms with E-state index in [2.05, 4.69) is 4.90 Å². The summed E-state index contributed by atoms with van der Waals surface area (Å²) in [4.78, 5) is 14.6. The van der Waals surface area contributed by atoms with Gasteiger partial charge in [0.25, 0.3) is 0 Å².